The van der Waals surface area contributed by atoms with Crippen molar-refractivity contribution in [2.24, 2.45) is 0 Å². The number of hydrogen-bond donors (Lipinski definition) is 3. The summed E-state index contributed by atoms with van der Waals surface area (Å²) in [6, 6.07) is 7.68. The van der Waals surface area contributed by atoms with E-state index in [0.29, 0.717) is 39.0 Å². The van der Waals surface area contributed by atoms with Crippen molar-refractivity contribution in [2.45, 2.75) is 51.4 Å². The fourth-order valence-electron chi connectivity index (χ4n) is 2.73. The van der Waals surface area contributed by atoms with E-state index in [2.05, 4.69) is 5.32 Å². The maximum atomic E-state index is 12.1. The monoisotopic (exact) mass is 335 g/mol. The van der Waals surface area contributed by atoms with Gasteiger partial charge in [-0.15, -0.1) is 0 Å². The second kappa shape index (κ2) is 7.40. The number of amides is 1. The second-order valence-corrected chi connectivity index (χ2v) is 7.49. The van der Waals surface area contributed by atoms with Gasteiger partial charge in [-0.25, -0.2) is 4.79 Å². The summed E-state index contributed by atoms with van der Waals surface area (Å²) in [7, 11) is 0. The quantitative estimate of drug-likeness (QED) is 0.734. The molecule has 0 aliphatic carbocycles. The fraction of sp³-hybridized carbons (Fsp3) is 0.611. The molecule has 0 radical (unpaired) electrons. The Morgan fingerprint density at radius 2 is 1.96 bits per heavy atom. The third kappa shape index (κ3) is 5.39. The van der Waals surface area contributed by atoms with Crippen LogP contribution >= 0.6 is 0 Å². The van der Waals surface area contributed by atoms with Crippen LogP contribution in [0.25, 0.3) is 0 Å². The molecule has 1 saturated heterocycles. The number of nitrogens with two attached hydrogens (primary N) is 1. The van der Waals surface area contributed by atoms with Crippen molar-refractivity contribution < 1.29 is 14.6 Å². The van der Waals surface area contributed by atoms with Gasteiger partial charge in [0.25, 0.3) is 0 Å². The van der Waals surface area contributed by atoms with E-state index in [1.165, 1.54) is 0 Å². The molecular weight excluding hydrogens is 306 g/mol. The van der Waals surface area contributed by atoms with Crippen molar-refractivity contribution in [2.75, 3.05) is 25.4 Å². The number of benzene rings is 1. The van der Waals surface area contributed by atoms with Gasteiger partial charge < -0.3 is 25.8 Å². The van der Waals surface area contributed by atoms with Crippen molar-refractivity contribution >= 4 is 11.8 Å². The molecule has 1 aliphatic heterocycles. The third-order valence-electron chi connectivity index (χ3n) is 4.17. The van der Waals surface area contributed by atoms with Gasteiger partial charge in [-0.2, -0.15) is 0 Å². The Morgan fingerprint density at radius 3 is 2.54 bits per heavy atom. The van der Waals surface area contributed by atoms with E-state index >= 15 is 0 Å². The molecule has 134 valence electrons. The molecule has 0 unspecified atom stereocenters. The van der Waals surface area contributed by atoms with E-state index < -0.39 is 11.2 Å². The summed E-state index contributed by atoms with van der Waals surface area (Å²) >= 11 is 0. The van der Waals surface area contributed by atoms with Gasteiger partial charge in [-0.05, 0) is 45.2 Å². The molecule has 1 fully saturated rings. The zero-order chi connectivity index (χ0) is 17.8. The number of nitrogens with zero attached hydrogens (tertiary/aromatic N) is 1. The average Bonchev–Trinajstić information content (AvgIpc) is 2.48. The number of carbonyl (C=O) groups excluding carboxylic acids is 1. The van der Waals surface area contributed by atoms with Gasteiger partial charge in [0.2, 0.25) is 0 Å². The molecule has 1 heterocycles. The summed E-state index contributed by atoms with van der Waals surface area (Å²) in [6.07, 6.45) is 0.752. The number of nitrogen functional groups attached to an aromatic ring is 1. The molecular formula is C18H29N3O3. The van der Waals surface area contributed by atoms with Gasteiger partial charge in [0.15, 0.2) is 0 Å². The van der Waals surface area contributed by atoms with Crippen molar-refractivity contribution in [3.8, 4) is 0 Å². The summed E-state index contributed by atoms with van der Waals surface area (Å²) in [5.41, 5.74) is 6.38. The Morgan fingerprint density at radius 1 is 1.33 bits per heavy atom. The third-order valence-corrected chi connectivity index (χ3v) is 4.17. The number of aliphatic hydroxyl groups is 1. The Kier molecular flexibility index (Phi) is 5.72. The molecule has 4 N–H and O–H groups in total. The van der Waals surface area contributed by atoms with Crippen LogP contribution in [0, 0.1) is 0 Å². The maximum absolute atomic E-state index is 12.1. The molecule has 1 aromatic rings. The van der Waals surface area contributed by atoms with Crippen LogP contribution in [0.5, 0.6) is 0 Å². The van der Waals surface area contributed by atoms with Crippen molar-refractivity contribution in [3.05, 3.63) is 29.8 Å². The topological polar surface area (TPSA) is 87.8 Å². The largest absolute Gasteiger partial charge is 0.444 e. The van der Waals surface area contributed by atoms with E-state index in [-0.39, 0.29) is 6.09 Å². The number of para-hydroxylation sites is 1. The number of hydrogen-bond acceptors (Lipinski definition) is 5. The van der Waals surface area contributed by atoms with Crippen LogP contribution in [0.1, 0.15) is 39.2 Å². The van der Waals surface area contributed by atoms with Crippen LogP contribution in [0.4, 0.5) is 10.5 Å². The number of nitrogens with one attached hydrogen (secondary N) is 1. The molecule has 24 heavy (non-hydrogen) atoms. The fourth-order valence-corrected chi connectivity index (χ4v) is 2.73. The predicted molar refractivity (Wildman–Crippen MR) is 94.6 cm³/mol. The van der Waals surface area contributed by atoms with Crippen LogP contribution in [0.15, 0.2) is 24.3 Å². The van der Waals surface area contributed by atoms with E-state index in [9.17, 15) is 9.90 Å². The van der Waals surface area contributed by atoms with Gasteiger partial charge in [0, 0.05) is 31.9 Å². The number of anilines is 1. The van der Waals surface area contributed by atoms with Crippen LogP contribution in [-0.4, -0.2) is 46.9 Å². The van der Waals surface area contributed by atoms with Gasteiger partial charge in [-0.1, -0.05) is 18.2 Å². The molecule has 6 heteroatoms. The standard InChI is InChI=1S/C18H29N3O3/c1-17(2,3)24-16(22)21-10-8-18(23,9-11-21)13-20-12-14-6-4-5-7-15(14)19/h4-7,20,23H,8-13,19H2,1-3H3. The summed E-state index contributed by atoms with van der Waals surface area (Å²) in [4.78, 5) is 13.7. The normalized spacial score (nSPS) is 17.6. The minimum absolute atomic E-state index is 0.311. The molecule has 0 atom stereocenters. The van der Waals surface area contributed by atoms with Gasteiger partial charge in [0.1, 0.15) is 5.60 Å². The Labute approximate surface area is 144 Å². The summed E-state index contributed by atoms with van der Waals surface area (Å²) < 4.78 is 5.37. The van der Waals surface area contributed by atoms with Crippen LogP contribution in [0.3, 0.4) is 0 Å². The lowest BCUT2D eigenvalue weighted by Gasteiger charge is -2.38. The Balaban J connectivity index is 1.78. The lowest BCUT2D eigenvalue weighted by atomic mass is 9.91. The number of likely N-dealkylation sites (tertiary alicyclic amines) is 1. The number of rotatable bonds is 4. The average molecular weight is 335 g/mol. The van der Waals surface area contributed by atoms with E-state index in [1.54, 1.807) is 4.90 Å². The molecule has 2 rings (SSSR count). The second-order valence-electron chi connectivity index (χ2n) is 7.49. The molecule has 1 aromatic carbocycles. The van der Waals surface area contributed by atoms with E-state index in [1.807, 2.05) is 45.0 Å². The highest BCUT2D eigenvalue weighted by Gasteiger charge is 2.35. The minimum atomic E-state index is -0.804. The summed E-state index contributed by atoms with van der Waals surface area (Å²) in [5.74, 6) is 0. The number of piperidine rings is 1. The van der Waals surface area contributed by atoms with Gasteiger partial charge >= 0.3 is 6.09 Å². The first kappa shape index (κ1) is 18.5. The van der Waals surface area contributed by atoms with Crippen LogP contribution < -0.4 is 11.1 Å². The first-order chi connectivity index (χ1) is 11.2. The molecule has 0 saturated carbocycles. The smallest absolute Gasteiger partial charge is 0.410 e. The summed E-state index contributed by atoms with van der Waals surface area (Å²) in [6.45, 7) is 7.65. The van der Waals surface area contributed by atoms with Crippen molar-refractivity contribution in [3.63, 3.8) is 0 Å². The highest BCUT2D eigenvalue weighted by molar-refractivity contribution is 5.68. The zero-order valence-electron chi connectivity index (χ0n) is 14.8. The SMILES string of the molecule is CC(C)(C)OC(=O)N1CCC(O)(CNCc2ccccc2N)CC1. The molecule has 0 bridgehead atoms. The maximum Gasteiger partial charge on any atom is 0.410 e. The highest BCUT2D eigenvalue weighted by Crippen LogP contribution is 2.23. The molecule has 0 aromatic heterocycles. The Hall–Kier alpha value is -1.79. The molecule has 6 nitrogen and oxygen atoms in total. The van der Waals surface area contributed by atoms with E-state index in [0.717, 1.165) is 11.3 Å². The van der Waals surface area contributed by atoms with E-state index in [4.69, 9.17) is 10.5 Å². The molecule has 1 amide bonds. The van der Waals surface area contributed by atoms with Crippen LogP contribution in [0.2, 0.25) is 0 Å². The zero-order valence-corrected chi connectivity index (χ0v) is 14.8. The van der Waals surface area contributed by atoms with Crippen molar-refractivity contribution in [1.29, 1.82) is 0 Å². The molecule has 1 aliphatic rings. The Bertz CT molecular complexity index is 561. The van der Waals surface area contributed by atoms with Gasteiger partial charge in [0.05, 0.1) is 5.60 Å². The predicted octanol–water partition coefficient (Wildman–Crippen LogP) is 2.12. The minimum Gasteiger partial charge on any atom is -0.444 e. The van der Waals surface area contributed by atoms with Crippen LogP contribution in [-0.2, 0) is 11.3 Å². The summed E-state index contributed by atoms with van der Waals surface area (Å²) in [5, 5.41) is 13.9. The highest BCUT2D eigenvalue weighted by atomic mass is 16.6. The first-order valence-corrected chi connectivity index (χ1v) is 8.43. The first-order valence-electron chi connectivity index (χ1n) is 8.43. The van der Waals surface area contributed by atoms with Crippen molar-refractivity contribution in [1.82, 2.24) is 10.2 Å². The lowest BCUT2D eigenvalue weighted by Crippen LogP contribution is -2.52. The number of ether oxygens (including phenoxy) is 1. The van der Waals surface area contributed by atoms with Gasteiger partial charge in [-0.3, -0.25) is 0 Å². The number of carbonyl (C=O) groups is 1. The lowest BCUT2D eigenvalue weighted by molar-refractivity contribution is -0.0310. The molecule has 0 spiro atoms.